The number of hydrogen-bond acceptors (Lipinski definition) is 3. The first-order chi connectivity index (χ1) is 5.75. The van der Waals surface area contributed by atoms with Crippen LogP contribution in [0.25, 0.3) is 0 Å². The zero-order valence-electron chi connectivity index (χ0n) is 6.92. The van der Waals surface area contributed by atoms with Crippen molar-refractivity contribution in [1.82, 2.24) is 5.32 Å². The Labute approximate surface area is 71.7 Å². The number of carbonyl (C=O) groups excluding carboxylic acids is 1. The van der Waals surface area contributed by atoms with E-state index in [0.29, 0.717) is 6.42 Å². The van der Waals surface area contributed by atoms with E-state index in [2.05, 4.69) is 11.4 Å². The monoisotopic (exact) mass is 167 g/mol. The highest BCUT2D eigenvalue weighted by molar-refractivity contribution is 5.77. The molecule has 12 heavy (non-hydrogen) atoms. The Balaban J connectivity index is 2.65. The van der Waals surface area contributed by atoms with Crippen LogP contribution in [-0.2, 0) is 4.79 Å². The van der Waals surface area contributed by atoms with Crippen LogP contribution in [-0.4, -0.2) is 19.0 Å². The number of nitriles is 1. The van der Waals surface area contributed by atoms with Crippen molar-refractivity contribution in [3.8, 4) is 6.07 Å². The lowest BCUT2D eigenvalue weighted by molar-refractivity contribution is -0.122. The van der Waals surface area contributed by atoms with E-state index in [-0.39, 0.29) is 17.7 Å². The van der Waals surface area contributed by atoms with Crippen LogP contribution in [0, 0.1) is 23.2 Å². The maximum absolute atomic E-state index is 10.9. The van der Waals surface area contributed by atoms with E-state index in [9.17, 15) is 4.79 Å². The van der Waals surface area contributed by atoms with Gasteiger partial charge < -0.3 is 11.1 Å². The number of nitrogens with zero attached hydrogens (tertiary/aromatic N) is 1. The van der Waals surface area contributed by atoms with Gasteiger partial charge >= 0.3 is 0 Å². The predicted molar refractivity (Wildman–Crippen MR) is 43.9 cm³/mol. The van der Waals surface area contributed by atoms with Gasteiger partial charge in [0.15, 0.2) is 0 Å². The molecule has 0 spiro atoms. The van der Waals surface area contributed by atoms with Crippen molar-refractivity contribution in [2.75, 3.05) is 13.1 Å². The summed E-state index contributed by atoms with van der Waals surface area (Å²) in [6, 6.07) is 2.13. The number of carbonyl (C=O) groups is 1. The van der Waals surface area contributed by atoms with Gasteiger partial charge in [-0.2, -0.15) is 5.26 Å². The quantitative estimate of drug-likeness (QED) is 0.558. The van der Waals surface area contributed by atoms with Gasteiger partial charge in [-0.15, -0.1) is 0 Å². The van der Waals surface area contributed by atoms with Gasteiger partial charge in [-0.3, -0.25) is 4.79 Å². The molecule has 1 fully saturated rings. The minimum atomic E-state index is -0.342. The Kier molecular flexibility index (Phi) is 3.06. The second-order valence-electron chi connectivity index (χ2n) is 3.07. The molecule has 0 saturated carbocycles. The third-order valence-electron chi connectivity index (χ3n) is 2.28. The number of rotatable bonds is 1. The lowest BCUT2D eigenvalue weighted by atomic mass is 9.89. The van der Waals surface area contributed by atoms with Crippen molar-refractivity contribution in [2.24, 2.45) is 17.6 Å². The molecule has 1 heterocycles. The van der Waals surface area contributed by atoms with Crippen molar-refractivity contribution in [1.29, 1.82) is 5.26 Å². The normalized spacial score (nSPS) is 30.2. The molecule has 66 valence electrons. The summed E-state index contributed by atoms with van der Waals surface area (Å²) in [6.45, 7) is 1.59. The Morgan fingerprint density at radius 2 is 2.17 bits per heavy atom. The Morgan fingerprint density at radius 1 is 1.50 bits per heavy atom. The molecule has 4 nitrogen and oxygen atoms in total. The summed E-state index contributed by atoms with van der Waals surface area (Å²) in [5.74, 6) is -0.798. The molecule has 1 rings (SSSR count). The molecular formula is C8H13N3O. The molecule has 1 saturated heterocycles. The van der Waals surface area contributed by atoms with E-state index in [4.69, 9.17) is 11.0 Å². The summed E-state index contributed by atoms with van der Waals surface area (Å²) in [5, 5.41) is 11.9. The average Bonchev–Trinajstić information content (AvgIpc) is 2.27. The lowest BCUT2D eigenvalue weighted by Gasteiger charge is -2.13. The van der Waals surface area contributed by atoms with Gasteiger partial charge in [0.25, 0.3) is 0 Å². The van der Waals surface area contributed by atoms with E-state index in [1.165, 1.54) is 0 Å². The van der Waals surface area contributed by atoms with Crippen LogP contribution in [0.3, 0.4) is 0 Å². The fourth-order valence-corrected chi connectivity index (χ4v) is 1.54. The molecule has 1 aliphatic rings. The van der Waals surface area contributed by atoms with E-state index in [1.807, 2.05) is 0 Å². The molecule has 1 aliphatic heterocycles. The molecule has 2 atom stereocenters. The number of amides is 1. The molecule has 2 unspecified atom stereocenters. The van der Waals surface area contributed by atoms with Gasteiger partial charge in [0.1, 0.15) is 0 Å². The van der Waals surface area contributed by atoms with Crippen molar-refractivity contribution >= 4 is 5.91 Å². The predicted octanol–water partition coefficient (Wildman–Crippen LogP) is -0.389. The Hall–Kier alpha value is -1.08. The highest BCUT2D eigenvalue weighted by Crippen LogP contribution is 2.19. The number of nitrogens with one attached hydrogen (secondary N) is 1. The first-order valence-electron chi connectivity index (χ1n) is 4.15. The SMILES string of the molecule is N#CC1CCNCCC1C(N)=O. The summed E-state index contributed by atoms with van der Waals surface area (Å²) >= 11 is 0. The first-order valence-corrected chi connectivity index (χ1v) is 4.15. The molecule has 0 bridgehead atoms. The minimum absolute atomic E-state index is 0.197. The topological polar surface area (TPSA) is 78.9 Å². The molecule has 1 amide bonds. The van der Waals surface area contributed by atoms with Gasteiger partial charge in [0.05, 0.1) is 17.9 Å². The molecule has 4 heteroatoms. The Morgan fingerprint density at radius 3 is 2.75 bits per heavy atom. The molecule has 0 radical (unpaired) electrons. The zero-order chi connectivity index (χ0) is 8.97. The van der Waals surface area contributed by atoms with Crippen LogP contribution >= 0.6 is 0 Å². The molecular weight excluding hydrogens is 154 g/mol. The van der Waals surface area contributed by atoms with Crippen molar-refractivity contribution in [3.05, 3.63) is 0 Å². The second-order valence-corrected chi connectivity index (χ2v) is 3.07. The zero-order valence-corrected chi connectivity index (χ0v) is 6.92. The summed E-state index contributed by atoms with van der Waals surface area (Å²) in [4.78, 5) is 10.9. The minimum Gasteiger partial charge on any atom is -0.369 e. The molecule has 0 aromatic heterocycles. The van der Waals surface area contributed by atoms with Gasteiger partial charge in [-0.05, 0) is 25.9 Å². The number of nitrogens with two attached hydrogens (primary N) is 1. The smallest absolute Gasteiger partial charge is 0.221 e. The van der Waals surface area contributed by atoms with Crippen LogP contribution in [0.15, 0.2) is 0 Å². The van der Waals surface area contributed by atoms with E-state index in [0.717, 1.165) is 19.5 Å². The lowest BCUT2D eigenvalue weighted by Crippen LogP contribution is -2.29. The molecule has 3 N–H and O–H groups in total. The van der Waals surface area contributed by atoms with Crippen molar-refractivity contribution < 1.29 is 4.79 Å². The third kappa shape index (κ3) is 1.95. The van der Waals surface area contributed by atoms with Gasteiger partial charge in [0, 0.05) is 0 Å². The van der Waals surface area contributed by atoms with Gasteiger partial charge in [-0.1, -0.05) is 0 Å². The van der Waals surface area contributed by atoms with Crippen LogP contribution in [0.2, 0.25) is 0 Å². The first kappa shape index (κ1) is 9.01. The molecule has 0 aliphatic carbocycles. The van der Waals surface area contributed by atoms with E-state index < -0.39 is 0 Å². The summed E-state index contributed by atoms with van der Waals surface area (Å²) in [6.07, 6.45) is 1.41. The van der Waals surface area contributed by atoms with Crippen LogP contribution < -0.4 is 11.1 Å². The summed E-state index contributed by atoms with van der Waals surface area (Å²) < 4.78 is 0. The van der Waals surface area contributed by atoms with E-state index >= 15 is 0 Å². The fourth-order valence-electron chi connectivity index (χ4n) is 1.54. The summed E-state index contributed by atoms with van der Waals surface area (Å²) in [5.41, 5.74) is 5.18. The number of primary amides is 1. The fraction of sp³-hybridized carbons (Fsp3) is 0.750. The summed E-state index contributed by atoms with van der Waals surface area (Å²) in [7, 11) is 0. The molecule has 0 aromatic rings. The third-order valence-corrected chi connectivity index (χ3v) is 2.28. The van der Waals surface area contributed by atoms with Gasteiger partial charge in [0.2, 0.25) is 5.91 Å². The van der Waals surface area contributed by atoms with Crippen molar-refractivity contribution in [3.63, 3.8) is 0 Å². The van der Waals surface area contributed by atoms with Crippen molar-refractivity contribution in [2.45, 2.75) is 12.8 Å². The van der Waals surface area contributed by atoms with Crippen LogP contribution in [0.4, 0.5) is 0 Å². The highest BCUT2D eigenvalue weighted by Gasteiger charge is 2.27. The Bertz CT molecular complexity index is 209. The van der Waals surface area contributed by atoms with E-state index in [1.54, 1.807) is 0 Å². The standard InChI is InChI=1S/C8H13N3O/c9-5-6-1-3-11-4-2-7(6)8(10)12/h6-7,11H,1-4H2,(H2,10,12). The number of hydrogen-bond donors (Lipinski definition) is 2. The largest absolute Gasteiger partial charge is 0.369 e. The maximum atomic E-state index is 10.9. The van der Waals surface area contributed by atoms with Crippen LogP contribution in [0.5, 0.6) is 0 Å². The highest BCUT2D eigenvalue weighted by atomic mass is 16.1. The second kappa shape index (κ2) is 4.07. The van der Waals surface area contributed by atoms with Gasteiger partial charge in [-0.25, -0.2) is 0 Å². The maximum Gasteiger partial charge on any atom is 0.221 e. The molecule has 0 aromatic carbocycles. The average molecular weight is 167 g/mol. The van der Waals surface area contributed by atoms with Crippen LogP contribution in [0.1, 0.15) is 12.8 Å².